The second-order valence-electron chi connectivity index (χ2n) is 7.32. The Morgan fingerprint density at radius 2 is 1.90 bits per heavy atom. The van der Waals surface area contributed by atoms with Crippen LogP contribution in [-0.2, 0) is 4.79 Å². The minimum Gasteiger partial charge on any atom is -0.507 e. The van der Waals surface area contributed by atoms with Gasteiger partial charge in [0, 0.05) is 18.7 Å². The molecule has 3 N–H and O–H groups in total. The number of hydrogen-bond acceptors (Lipinski definition) is 6. The molecule has 0 bridgehead atoms. The fourth-order valence-corrected chi connectivity index (χ4v) is 4.35. The largest absolute Gasteiger partial charge is 0.507 e. The van der Waals surface area contributed by atoms with Crippen molar-refractivity contribution in [1.29, 1.82) is 0 Å². The highest BCUT2D eigenvalue weighted by Gasteiger charge is 2.28. The topological polar surface area (TPSA) is 119 Å². The first-order valence-corrected chi connectivity index (χ1v) is 11.0. The van der Waals surface area contributed by atoms with E-state index in [1.807, 2.05) is 6.08 Å². The van der Waals surface area contributed by atoms with Crippen molar-refractivity contribution in [1.82, 2.24) is 9.62 Å². The Morgan fingerprint density at radius 3 is 2.55 bits per heavy atom. The number of ketones is 1. The van der Waals surface area contributed by atoms with E-state index in [-0.39, 0.29) is 23.1 Å². The van der Waals surface area contributed by atoms with E-state index in [0.717, 1.165) is 17.7 Å². The van der Waals surface area contributed by atoms with E-state index in [9.17, 15) is 14.4 Å². The number of aliphatic imine (C=N–C) groups is 1. The molecule has 0 unspecified atom stereocenters. The summed E-state index contributed by atoms with van der Waals surface area (Å²) in [6.07, 6.45) is 11.5. The van der Waals surface area contributed by atoms with Crippen LogP contribution in [0.3, 0.4) is 0 Å². The number of hydrogen-bond donors (Lipinski definition) is 3. The van der Waals surface area contributed by atoms with Gasteiger partial charge in [0.2, 0.25) is 0 Å². The number of benzene rings is 1. The molecule has 1 aromatic rings. The van der Waals surface area contributed by atoms with E-state index in [4.69, 9.17) is 10.2 Å². The molecular formula is C22H25N3O5S. The number of carboxylic acid groups (broad SMARTS) is 1. The van der Waals surface area contributed by atoms with Crippen LogP contribution in [0.1, 0.15) is 48.9 Å². The van der Waals surface area contributed by atoms with Crippen LogP contribution in [0.15, 0.2) is 52.5 Å². The van der Waals surface area contributed by atoms with Crippen molar-refractivity contribution in [2.24, 2.45) is 4.99 Å². The van der Waals surface area contributed by atoms with Crippen molar-refractivity contribution in [3.63, 3.8) is 0 Å². The predicted molar refractivity (Wildman–Crippen MR) is 119 cm³/mol. The van der Waals surface area contributed by atoms with Crippen molar-refractivity contribution in [2.75, 3.05) is 6.54 Å². The van der Waals surface area contributed by atoms with Gasteiger partial charge in [-0.25, -0.2) is 9.59 Å². The number of nitrogens with zero attached hydrogens (tertiary/aromatic N) is 2. The first-order valence-electron chi connectivity index (χ1n) is 10.2. The van der Waals surface area contributed by atoms with Gasteiger partial charge in [-0.2, -0.15) is 0 Å². The highest BCUT2D eigenvalue weighted by molar-refractivity contribution is 8.02. The number of phenols is 1. The Bertz CT molecular complexity index is 935. The number of carbonyl (C=O) groups excluding carboxylic acids is 2. The Balaban J connectivity index is 0.000000229. The summed E-state index contributed by atoms with van der Waals surface area (Å²) in [7, 11) is 0. The predicted octanol–water partition coefficient (Wildman–Crippen LogP) is 3.89. The molecule has 0 radical (unpaired) electrons. The van der Waals surface area contributed by atoms with Crippen LogP contribution in [0.25, 0.3) is 0 Å². The maximum absolute atomic E-state index is 12.2. The van der Waals surface area contributed by atoms with Crippen LogP contribution in [0, 0.1) is 0 Å². The smallest absolute Gasteiger partial charge is 0.339 e. The van der Waals surface area contributed by atoms with E-state index in [2.05, 4.69) is 10.3 Å². The van der Waals surface area contributed by atoms with Crippen molar-refractivity contribution in [3.8, 4) is 5.75 Å². The molecular weight excluding hydrogens is 418 g/mol. The summed E-state index contributed by atoms with van der Waals surface area (Å²) < 4.78 is 1.66. The summed E-state index contributed by atoms with van der Waals surface area (Å²) >= 11 is 1.31. The van der Waals surface area contributed by atoms with Gasteiger partial charge in [-0.15, -0.1) is 0 Å². The third-order valence-corrected chi connectivity index (χ3v) is 6.15. The highest BCUT2D eigenvalue weighted by atomic mass is 32.2. The minimum atomic E-state index is -1.11. The van der Waals surface area contributed by atoms with Crippen LogP contribution >= 0.6 is 11.9 Å². The molecule has 1 aliphatic carbocycles. The maximum Gasteiger partial charge on any atom is 0.339 e. The van der Waals surface area contributed by atoms with Crippen molar-refractivity contribution < 1.29 is 24.6 Å². The van der Waals surface area contributed by atoms with Gasteiger partial charge in [0.25, 0.3) is 0 Å². The van der Waals surface area contributed by atoms with Gasteiger partial charge >= 0.3 is 12.0 Å². The zero-order valence-corrected chi connectivity index (χ0v) is 17.8. The fourth-order valence-electron chi connectivity index (χ4n) is 3.43. The number of nitrogens with one attached hydrogen (secondary N) is 1. The number of para-hydroxylation sites is 1. The lowest BCUT2D eigenvalue weighted by molar-refractivity contribution is -0.112. The van der Waals surface area contributed by atoms with E-state index >= 15 is 0 Å². The normalized spacial score (nSPS) is 18.6. The fraction of sp³-hybridized carbons (Fsp3) is 0.364. The van der Waals surface area contributed by atoms with Gasteiger partial charge in [-0.05, 0) is 43.0 Å². The van der Waals surface area contributed by atoms with Gasteiger partial charge in [-0.1, -0.05) is 37.5 Å². The Hall–Kier alpha value is -3.07. The third kappa shape index (κ3) is 6.21. The molecule has 2 aliphatic heterocycles. The first-order chi connectivity index (χ1) is 15.0. The summed E-state index contributed by atoms with van der Waals surface area (Å²) in [4.78, 5) is 39.3. The molecule has 2 amide bonds. The molecule has 2 heterocycles. The molecule has 3 aliphatic rings. The standard InChI is InChI=1S/C15H19N3O2S.C7H6O3/c19-12-7-4-9-16-14(12)13-8-10-18(21-13)15(20)17-11-5-2-1-3-6-11;8-6-4-2-1-3-5(6)7(9)10/h4,8-9,11H,1-3,5-7,10H2,(H,17,20);1-4,8H,(H,9,10). The number of Topliss-reactive ketones (excluding diaryl/α,β-unsaturated/α-hetero) is 1. The molecule has 164 valence electrons. The van der Waals surface area contributed by atoms with Gasteiger partial charge in [0.1, 0.15) is 17.0 Å². The number of carbonyl (C=O) groups is 3. The summed E-state index contributed by atoms with van der Waals surface area (Å²) in [6.45, 7) is 0.522. The molecule has 0 saturated heterocycles. The molecule has 31 heavy (non-hydrogen) atoms. The monoisotopic (exact) mass is 443 g/mol. The van der Waals surface area contributed by atoms with Crippen LogP contribution in [0.5, 0.6) is 5.75 Å². The number of carboxylic acids is 1. The van der Waals surface area contributed by atoms with Gasteiger partial charge in [0.15, 0.2) is 5.78 Å². The Kier molecular flexibility index (Phi) is 7.88. The van der Waals surface area contributed by atoms with Crippen LogP contribution in [0.4, 0.5) is 4.79 Å². The minimum absolute atomic E-state index is 0.0192. The van der Waals surface area contributed by atoms with E-state index in [0.29, 0.717) is 24.7 Å². The molecule has 0 aromatic heterocycles. The average molecular weight is 444 g/mol. The van der Waals surface area contributed by atoms with E-state index < -0.39 is 5.97 Å². The second-order valence-corrected chi connectivity index (χ2v) is 8.38. The van der Waals surface area contributed by atoms with Crippen LogP contribution in [0.2, 0.25) is 0 Å². The molecule has 9 heteroatoms. The number of aromatic hydroxyl groups is 1. The SMILES string of the molecule is O=C(O)c1ccccc1O.O=C1CC=CN=C1C1=CCN(C(=O)NC2CCCCC2)S1. The number of urea groups is 1. The summed E-state index contributed by atoms with van der Waals surface area (Å²) in [6, 6.07) is 6.05. The highest BCUT2D eigenvalue weighted by Crippen LogP contribution is 2.30. The van der Waals surface area contributed by atoms with Crippen LogP contribution in [-0.4, -0.2) is 50.6 Å². The third-order valence-electron chi connectivity index (χ3n) is 5.05. The van der Waals surface area contributed by atoms with Crippen molar-refractivity contribution >= 4 is 35.4 Å². The molecule has 1 saturated carbocycles. The van der Waals surface area contributed by atoms with Crippen molar-refractivity contribution in [2.45, 2.75) is 44.6 Å². The lowest BCUT2D eigenvalue weighted by atomic mass is 9.96. The Morgan fingerprint density at radius 1 is 1.16 bits per heavy atom. The summed E-state index contributed by atoms with van der Waals surface area (Å²) in [5, 5.41) is 20.4. The molecule has 0 atom stereocenters. The number of allylic oxidation sites excluding steroid dienone is 2. The maximum atomic E-state index is 12.2. The van der Waals surface area contributed by atoms with E-state index in [1.165, 1.54) is 43.3 Å². The lowest BCUT2D eigenvalue weighted by Crippen LogP contribution is -2.42. The lowest BCUT2D eigenvalue weighted by Gasteiger charge is -2.25. The molecule has 8 nitrogen and oxygen atoms in total. The second kappa shape index (κ2) is 10.8. The zero-order valence-electron chi connectivity index (χ0n) is 17.0. The van der Waals surface area contributed by atoms with Gasteiger partial charge < -0.3 is 15.5 Å². The molecule has 0 spiro atoms. The number of aromatic carboxylic acids is 1. The van der Waals surface area contributed by atoms with Crippen molar-refractivity contribution in [3.05, 3.63) is 53.1 Å². The van der Waals surface area contributed by atoms with E-state index in [1.54, 1.807) is 28.7 Å². The Labute approximate surface area is 184 Å². The van der Waals surface area contributed by atoms with Crippen LogP contribution < -0.4 is 5.32 Å². The molecule has 1 fully saturated rings. The number of rotatable bonds is 3. The quantitative estimate of drug-likeness (QED) is 0.610. The summed E-state index contributed by atoms with van der Waals surface area (Å²) in [5.41, 5.74) is 0.415. The van der Waals surface area contributed by atoms with Gasteiger partial charge in [-0.3, -0.25) is 14.1 Å². The summed E-state index contributed by atoms with van der Waals surface area (Å²) in [5.74, 6) is -1.29. The number of amides is 2. The molecule has 1 aromatic carbocycles. The average Bonchev–Trinajstić information content (AvgIpc) is 3.26. The van der Waals surface area contributed by atoms with Gasteiger partial charge in [0.05, 0.1) is 11.4 Å². The zero-order chi connectivity index (χ0) is 22.2. The molecule has 4 rings (SSSR count). The first kappa shape index (κ1) is 22.6.